The number of nitrogens with one attached hydrogen (secondary N) is 1. The molecular formula is C16H22ClNO. The Hall–Kier alpha value is -0.570. The van der Waals surface area contributed by atoms with Crippen LogP contribution in [0.5, 0.6) is 0 Å². The average Bonchev–Trinajstić information content (AvgIpc) is 2.86. The van der Waals surface area contributed by atoms with Crippen LogP contribution >= 0.6 is 11.6 Å². The van der Waals surface area contributed by atoms with E-state index in [1.165, 1.54) is 24.8 Å². The Labute approximate surface area is 120 Å². The maximum absolute atomic E-state index is 6.12. The normalized spacial score (nSPS) is 35.5. The molecule has 1 aromatic carbocycles. The van der Waals surface area contributed by atoms with Crippen molar-refractivity contribution < 1.29 is 4.74 Å². The third kappa shape index (κ3) is 2.96. The standard InChI is InChI=1S/C16H22ClNO/c1-11-2-7-16(19-11)14-8-9-18-10-15(14)12-3-5-13(17)6-4-12/h3-6,11,14-16,18H,2,7-10H2,1H3. The molecule has 3 rings (SSSR count). The topological polar surface area (TPSA) is 21.3 Å². The fourth-order valence-electron chi connectivity index (χ4n) is 3.55. The van der Waals surface area contributed by atoms with E-state index in [-0.39, 0.29) is 0 Å². The Morgan fingerprint density at radius 1 is 1.16 bits per heavy atom. The molecule has 0 spiro atoms. The predicted molar refractivity (Wildman–Crippen MR) is 78.7 cm³/mol. The molecule has 2 fully saturated rings. The van der Waals surface area contributed by atoms with Crippen molar-refractivity contribution in [1.29, 1.82) is 0 Å². The van der Waals surface area contributed by atoms with E-state index in [0.717, 1.165) is 18.1 Å². The molecule has 0 bridgehead atoms. The molecule has 2 saturated heterocycles. The lowest BCUT2D eigenvalue weighted by atomic mass is 9.77. The van der Waals surface area contributed by atoms with Crippen molar-refractivity contribution in [3.63, 3.8) is 0 Å². The number of rotatable bonds is 2. The molecular weight excluding hydrogens is 258 g/mol. The molecule has 1 N–H and O–H groups in total. The predicted octanol–water partition coefficient (Wildman–Crippen LogP) is 3.60. The molecule has 2 heterocycles. The lowest BCUT2D eigenvalue weighted by Crippen LogP contribution is -2.40. The lowest BCUT2D eigenvalue weighted by molar-refractivity contribution is 0.00348. The Morgan fingerprint density at radius 2 is 1.95 bits per heavy atom. The summed E-state index contributed by atoms with van der Waals surface area (Å²) < 4.78 is 6.12. The van der Waals surface area contributed by atoms with Crippen molar-refractivity contribution in [2.24, 2.45) is 5.92 Å². The first-order valence-electron chi connectivity index (χ1n) is 7.35. The molecule has 0 aliphatic carbocycles. The first-order valence-corrected chi connectivity index (χ1v) is 7.73. The van der Waals surface area contributed by atoms with E-state index in [4.69, 9.17) is 16.3 Å². The second kappa shape index (κ2) is 5.82. The Balaban J connectivity index is 1.78. The molecule has 0 saturated carbocycles. The average molecular weight is 280 g/mol. The van der Waals surface area contributed by atoms with Crippen molar-refractivity contribution in [2.75, 3.05) is 13.1 Å². The van der Waals surface area contributed by atoms with Crippen molar-refractivity contribution in [3.8, 4) is 0 Å². The van der Waals surface area contributed by atoms with E-state index in [1.54, 1.807) is 0 Å². The molecule has 2 aliphatic heterocycles. The van der Waals surface area contributed by atoms with Crippen LogP contribution in [0, 0.1) is 5.92 Å². The van der Waals surface area contributed by atoms with Gasteiger partial charge in [-0.3, -0.25) is 0 Å². The number of hydrogen-bond acceptors (Lipinski definition) is 2. The lowest BCUT2D eigenvalue weighted by Gasteiger charge is -2.36. The summed E-state index contributed by atoms with van der Waals surface area (Å²) in [5, 5.41) is 4.34. The maximum atomic E-state index is 6.12. The zero-order valence-corrected chi connectivity index (χ0v) is 12.2. The molecule has 4 atom stereocenters. The van der Waals surface area contributed by atoms with Gasteiger partial charge in [0.2, 0.25) is 0 Å². The van der Waals surface area contributed by atoms with Crippen LogP contribution in [0.4, 0.5) is 0 Å². The van der Waals surface area contributed by atoms with Crippen LogP contribution in [0.2, 0.25) is 5.02 Å². The van der Waals surface area contributed by atoms with Gasteiger partial charge >= 0.3 is 0 Å². The van der Waals surface area contributed by atoms with Gasteiger partial charge in [0.25, 0.3) is 0 Å². The number of halogens is 1. The SMILES string of the molecule is CC1CCC(C2CCNCC2c2ccc(Cl)cc2)O1. The van der Waals surface area contributed by atoms with Gasteiger partial charge in [0.15, 0.2) is 0 Å². The second-order valence-electron chi connectivity index (χ2n) is 5.88. The van der Waals surface area contributed by atoms with Crippen LogP contribution in [0.25, 0.3) is 0 Å². The van der Waals surface area contributed by atoms with E-state index in [1.807, 2.05) is 12.1 Å². The van der Waals surface area contributed by atoms with Crippen molar-refractivity contribution in [3.05, 3.63) is 34.9 Å². The van der Waals surface area contributed by atoms with Crippen LogP contribution in [-0.2, 0) is 4.74 Å². The largest absolute Gasteiger partial charge is 0.375 e. The highest BCUT2D eigenvalue weighted by Gasteiger charge is 2.36. The highest BCUT2D eigenvalue weighted by atomic mass is 35.5. The first kappa shape index (κ1) is 13.4. The third-order valence-corrected chi connectivity index (χ3v) is 4.83. The molecule has 4 unspecified atom stereocenters. The molecule has 2 aliphatic rings. The molecule has 104 valence electrons. The van der Waals surface area contributed by atoms with E-state index in [2.05, 4.69) is 24.4 Å². The molecule has 0 amide bonds. The summed E-state index contributed by atoms with van der Waals surface area (Å²) in [5.41, 5.74) is 1.39. The van der Waals surface area contributed by atoms with Crippen molar-refractivity contribution in [2.45, 2.75) is 44.3 Å². The van der Waals surface area contributed by atoms with Gasteiger partial charge in [-0.05, 0) is 56.3 Å². The fraction of sp³-hybridized carbons (Fsp3) is 0.625. The smallest absolute Gasteiger partial charge is 0.0614 e. The number of ether oxygens (including phenoxy) is 1. The van der Waals surface area contributed by atoms with E-state index < -0.39 is 0 Å². The molecule has 1 aromatic rings. The first-order chi connectivity index (χ1) is 9.24. The van der Waals surface area contributed by atoms with Crippen LogP contribution in [0.3, 0.4) is 0 Å². The van der Waals surface area contributed by atoms with Crippen LogP contribution in [0.15, 0.2) is 24.3 Å². The van der Waals surface area contributed by atoms with Crippen LogP contribution in [0.1, 0.15) is 37.7 Å². The van der Waals surface area contributed by atoms with Gasteiger partial charge in [-0.1, -0.05) is 23.7 Å². The summed E-state index contributed by atoms with van der Waals surface area (Å²) >= 11 is 5.99. The summed E-state index contributed by atoms with van der Waals surface area (Å²) in [7, 11) is 0. The highest BCUT2D eigenvalue weighted by Crippen LogP contribution is 2.38. The summed E-state index contributed by atoms with van der Waals surface area (Å²) in [6, 6.07) is 8.35. The van der Waals surface area contributed by atoms with Gasteiger partial charge in [-0.2, -0.15) is 0 Å². The minimum absolute atomic E-state index is 0.436. The van der Waals surface area contributed by atoms with Gasteiger partial charge < -0.3 is 10.1 Å². The van der Waals surface area contributed by atoms with Crippen LogP contribution in [-0.4, -0.2) is 25.3 Å². The van der Waals surface area contributed by atoms with Crippen LogP contribution < -0.4 is 5.32 Å². The second-order valence-corrected chi connectivity index (χ2v) is 6.31. The Morgan fingerprint density at radius 3 is 2.63 bits per heavy atom. The molecule has 19 heavy (non-hydrogen) atoms. The summed E-state index contributed by atoms with van der Waals surface area (Å²) in [4.78, 5) is 0. The number of piperidine rings is 1. The van der Waals surface area contributed by atoms with E-state index in [9.17, 15) is 0 Å². The Bertz CT molecular complexity index is 419. The number of hydrogen-bond donors (Lipinski definition) is 1. The minimum atomic E-state index is 0.436. The van der Waals surface area contributed by atoms with Gasteiger partial charge in [-0.25, -0.2) is 0 Å². The Kier molecular flexibility index (Phi) is 4.11. The molecule has 0 aromatic heterocycles. The monoisotopic (exact) mass is 279 g/mol. The van der Waals surface area contributed by atoms with Crippen molar-refractivity contribution in [1.82, 2.24) is 5.32 Å². The molecule has 0 radical (unpaired) electrons. The maximum Gasteiger partial charge on any atom is 0.0614 e. The summed E-state index contributed by atoms with van der Waals surface area (Å²) in [5.74, 6) is 1.20. The minimum Gasteiger partial charge on any atom is -0.375 e. The summed E-state index contributed by atoms with van der Waals surface area (Å²) in [6.07, 6.45) is 4.52. The summed E-state index contributed by atoms with van der Waals surface area (Å²) in [6.45, 7) is 4.36. The zero-order valence-electron chi connectivity index (χ0n) is 11.4. The molecule has 2 nitrogen and oxygen atoms in total. The third-order valence-electron chi connectivity index (χ3n) is 4.58. The number of benzene rings is 1. The van der Waals surface area contributed by atoms with E-state index in [0.29, 0.717) is 24.0 Å². The van der Waals surface area contributed by atoms with Crippen molar-refractivity contribution >= 4 is 11.6 Å². The quantitative estimate of drug-likeness (QED) is 0.893. The molecule has 3 heteroatoms. The van der Waals surface area contributed by atoms with E-state index >= 15 is 0 Å². The highest BCUT2D eigenvalue weighted by molar-refractivity contribution is 6.30. The zero-order chi connectivity index (χ0) is 13.2. The van der Waals surface area contributed by atoms with Gasteiger partial charge in [0, 0.05) is 17.5 Å². The van der Waals surface area contributed by atoms with Gasteiger partial charge in [0.1, 0.15) is 0 Å². The van der Waals surface area contributed by atoms with Gasteiger partial charge in [-0.15, -0.1) is 0 Å². The fourth-order valence-corrected chi connectivity index (χ4v) is 3.67. The van der Waals surface area contributed by atoms with Gasteiger partial charge in [0.05, 0.1) is 12.2 Å².